The maximum absolute atomic E-state index is 12.1. The molecule has 0 aliphatic rings. The third kappa shape index (κ3) is 4.39. The molecule has 0 aliphatic heterocycles. The van der Waals surface area contributed by atoms with Gasteiger partial charge in [0.15, 0.2) is 5.78 Å². The molecule has 0 N–H and O–H groups in total. The van der Waals surface area contributed by atoms with Gasteiger partial charge in [-0.25, -0.2) is 0 Å². The topological polar surface area (TPSA) is 17.1 Å². The van der Waals surface area contributed by atoms with Crippen LogP contribution in [0, 0.1) is 0 Å². The molecule has 92 valence electrons. The molecule has 0 heterocycles. The molecule has 1 rings (SSSR count). The van der Waals surface area contributed by atoms with Gasteiger partial charge < -0.3 is 0 Å². The normalized spacial score (nSPS) is 12.1. The minimum absolute atomic E-state index is 0.0831. The molecule has 0 fully saturated rings. The van der Waals surface area contributed by atoms with Crippen LogP contribution < -0.4 is 0 Å². The summed E-state index contributed by atoms with van der Waals surface area (Å²) in [6, 6.07) is 9.97. The summed E-state index contributed by atoms with van der Waals surface area (Å²) in [6.07, 6.45) is 2.31. The number of ketones is 1. The van der Waals surface area contributed by atoms with E-state index in [-0.39, 0.29) is 11.0 Å². The van der Waals surface area contributed by atoms with E-state index in [2.05, 4.69) is 13.5 Å². The fourth-order valence-electron chi connectivity index (χ4n) is 1.52. The van der Waals surface area contributed by atoms with E-state index in [1.54, 1.807) is 18.7 Å². The average Bonchev–Trinajstić information content (AvgIpc) is 2.35. The minimum atomic E-state index is -0.0831. The van der Waals surface area contributed by atoms with Crippen molar-refractivity contribution in [1.82, 2.24) is 0 Å². The van der Waals surface area contributed by atoms with Gasteiger partial charge in [0.1, 0.15) is 0 Å². The summed E-state index contributed by atoms with van der Waals surface area (Å²) in [5.74, 6) is 1.17. The van der Waals surface area contributed by atoms with E-state index in [0.29, 0.717) is 5.57 Å². The number of thioether (sulfide) groups is 1. The number of hydrogen-bond acceptors (Lipinski definition) is 2. The molecule has 1 nitrogen and oxygen atoms in total. The molecule has 1 unspecified atom stereocenters. The highest BCUT2D eigenvalue weighted by molar-refractivity contribution is 8.00. The van der Waals surface area contributed by atoms with E-state index in [1.807, 2.05) is 30.3 Å². The molecule has 0 aromatic heterocycles. The molecule has 0 saturated carbocycles. The lowest BCUT2D eigenvalue weighted by atomic mass is 10.0. The molecule has 1 aromatic carbocycles. The number of Topliss-reactive ketones (excluding diaryl/α,β-unsaturated/α-hetero) is 1. The number of carbonyl (C=O) groups excluding carboxylic acids is 1. The zero-order chi connectivity index (χ0) is 12.7. The standard InChI is InChI=1S/C15H20OS/c1-4-5-11-17-15(14(16)12(2)3)13-9-7-6-8-10-13/h6-10,15H,2,4-5,11H2,1,3H3. The van der Waals surface area contributed by atoms with Crippen molar-refractivity contribution in [2.75, 3.05) is 5.75 Å². The van der Waals surface area contributed by atoms with Crippen LogP contribution in [0.1, 0.15) is 37.5 Å². The maximum Gasteiger partial charge on any atom is 0.175 e. The van der Waals surface area contributed by atoms with Crippen LogP contribution in [0.25, 0.3) is 0 Å². The Kier molecular flexibility index (Phi) is 6.06. The lowest BCUT2D eigenvalue weighted by Crippen LogP contribution is -2.10. The summed E-state index contributed by atoms with van der Waals surface area (Å²) in [6.45, 7) is 7.72. The largest absolute Gasteiger partial charge is 0.293 e. The van der Waals surface area contributed by atoms with Gasteiger partial charge in [-0.15, -0.1) is 11.8 Å². The number of allylic oxidation sites excluding steroid dienone is 1. The van der Waals surface area contributed by atoms with Crippen LogP contribution in [0.3, 0.4) is 0 Å². The van der Waals surface area contributed by atoms with Gasteiger partial charge in [-0.05, 0) is 30.2 Å². The Hall–Kier alpha value is -1.02. The molecule has 1 atom stereocenters. The lowest BCUT2D eigenvalue weighted by molar-refractivity contribution is -0.115. The van der Waals surface area contributed by atoms with Crippen molar-refractivity contribution in [1.29, 1.82) is 0 Å². The van der Waals surface area contributed by atoms with Crippen LogP contribution in [-0.2, 0) is 4.79 Å². The van der Waals surface area contributed by atoms with Crippen molar-refractivity contribution < 1.29 is 4.79 Å². The Labute approximate surface area is 108 Å². The molecule has 0 radical (unpaired) electrons. The molecule has 0 spiro atoms. The molecule has 0 amide bonds. The lowest BCUT2D eigenvalue weighted by Gasteiger charge is -2.15. The van der Waals surface area contributed by atoms with Gasteiger partial charge in [-0.3, -0.25) is 4.79 Å². The molecule has 1 aromatic rings. The Bertz CT molecular complexity index is 370. The van der Waals surface area contributed by atoms with Crippen molar-refractivity contribution in [3.8, 4) is 0 Å². The van der Waals surface area contributed by atoms with Gasteiger partial charge in [-0.1, -0.05) is 50.3 Å². The molecule has 0 saturated heterocycles. The minimum Gasteiger partial charge on any atom is -0.293 e. The van der Waals surface area contributed by atoms with Crippen LogP contribution >= 0.6 is 11.8 Å². The van der Waals surface area contributed by atoms with Crippen molar-refractivity contribution >= 4 is 17.5 Å². The Morgan fingerprint density at radius 1 is 1.35 bits per heavy atom. The number of carbonyl (C=O) groups is 1. The van der Waals surface area contributed by atoms with Crippen molar-refractivity contribution in [2.45, 2.75) is 31.9 Å². The van der Waals surface area contributed by atoms with Gasteiger partial charge in [-0.2, -0.15) is 0 Å². The van der Waals surface area contributed by atoms with Crippen molar-refractivity contribution in [3.63, 3.8) is 0 Å². The summed E-state index contributed by atoms with van der Waals surface area (Å²) >= 11 is 1.73. The maximum atomic E-state index is 12.1. The van der Waals surface area contributed by atoms with E-state index in [9.17, 15) is 4.79 Å². The third-order valence-corrected chi connectivity index (χ3v) is 3.89. The summed E-state index contributed by atoms with van der Waals surface area (Å²) in [7, 11) is 0. The van der Waals surface area contributed by atoms with E-state index in [0.717, 1.165) is 24.2 Å². The van der Waals surface area contributed by atoms with Crippen molar-refractivity contribution in [2.24, 2.45) is 0 Å². The van der Waals surface area contributed by atoms with E-state index in [1.165, 1.54) is 0 Å². The van der Waals surface area contributed by atoms with Crippen LogP contribution in [-0.4, -0.2) is 11.5 Å². The van der Waals surface area contributed by atoms with Gasteiger partial charge in [0.05, 0.1) is 5.25 Å². The first-order chi connectivity index (χ1) is 8.16. The van der Waals surface area contributed by atoms with E-state index < -0.39 is 0 Å². The smallest absolute Gasteiger partial charge is 0.175 e. The molecule has 17 heavy (non-hydrogen) atoms. The third-order valence-electron chi connectivity index (χ3n) is 2.54. The van der Waals surface area contributed by atoms with Gasteiger partial charge in [0.2, 0.25) is 0 Å². The zero-order valence-electron chi connectivity index (χ0n) is 10.6. The summed E-state index contributed by atoms with van der Waals surface area (Å²) in [5.41, 5.74) is 1.73. The Morgan fingerprint density at radius 3 is 2.53 bits per heavy atom. The number of benzene rings is 1. The monoisotopic (exact) mass is 248 g/mol. The fourth-order valence-corrected chi connectivity index (χ4v) is 2.91. The van der Waals surface area contributed by atoms with Crippen molar-refractivity contribution in [3.05, 3.63) is 48.0 Å². The van der Waals surface area contributed by atoms with Crippen LogP contribution in [0.15, 0.2) is 42.5 Å². The number of rotatable bonds is 7. The zero-order valence-corrected chi connectivity index (χ0v) is 11.4. The molecule has 0 bridgehead atoms. The predicted molar refractivity (Wildman–Crippen MR) is 76.4 cm³/mol. The van der Waals surface area contributed by atoms with Gasteiger partial charge in [0, 0.05) is 0 Å². The molecule has 2 heteroatoms. The second-order valence-corrected chi connectivity index (χ2v) is 5.37. The second-order valence-electron chi connectivity index (χ2n) is 4.16. The average molecular weight is 248 g/mol. The first kappa shape index (κ1) is 14.0. The highest BCUT2D eigenvalue weighted by Gasteiger charge is 2.20. The van der Waals surface area contributed by atoms with Crippen LogP contribution in [0.4, 0.5) is 0 Å². The van der Waals surface area contributed by atoms with E-state index in [4.69, 9.17) is 0 Å². The Morgan fingerprint density at radius 2 is 2.00 bits per heavy atom. The fraction of sp³-hybridized carbons (Fsp3) is 0.400. The Balaban J connectivity index is 2.79. The van der Waals surface area contributed by atoms with Crippen LogP contribution in [0.5, 0.6) is 0 Å². The SMILES string of the molecule is C=C(C)C(=O)C(SCCCC)c1ccccc1. The van der Waals surface area contributed by atoms with E-state index >= 15 is 0 Å². The molecule has 0 aliphatic carbocycles. The first-order valence-electron chi connectivity index (χ1n) is 6.03. The number of hydrogen-bond donors (Lipinski definition) is 0. The molecular weight excluding hydrogens is 228 g/mol. The first-order valence-corrected chi connectivity index (χ1v) is 7.08. The quantitative estimate of drug-likeness (QED) is 0.525. The predicted octanol–water partition coefficient (Wildman–Crippen LogP) is 4.41. The second kappa shape index (κ2) is 7.33. The summed E-state index contributed by atoms with van der Waals surface area (Å²) in [5, 5.41) is -0.0831. The summed E-state index contributed by atoms with van der Waals surface area (Å²) < 4.78 is 0. The highest BCUT2D eigenvalue weighted by Crippen LogP contribution is 2.32. The van der Waals surface area contributed by atoms with Crippen LogP contribution in [0.2, 0.25) is 0 Å². The number of unbranched alkanes of at least 4 members (excludes halogenated alkanes) is 1. The van der Waals surface area contributed by atoms with Gasteiger partial charge in [0.25, 0.3) is 0 Å². The highest BCUT2D eigenvalue weighted by atomic mass is 32.2. The molecular formula is C15H20OS. The van der Waals surface area contributed by atoms with Gasteiger partial charge >= 0.3 is 0 Å². The summed E-state index contributed by atoms with van der Waals surface area (Å²) in [4.78, 5) is 12.1.